The Balaban J connectivity index is 0.872. The lowest BCUT2D eigenvalue weighted by molar-refractivity contribution is 1.28. The maximum absolute atomic E-state index is 5.13. The van der Waals surface area contributed by atoms with Gasteiger partial charge >= 0.3 is 0 Å². The van der Waals surface area contributed by atoms with Crippen molar-refractivity contribution in [2.75, 3.05) is 4.90 Å². The minimum Gasteiger partial charge on any atom is -0.310 e. The molecule has 0 N–H and O–H groups in total. The van der Waals surface area contributed by atoms with Crippen molar-refractivity contribution in [2.24, 2.45) is 0 Å². The first kappa shape index (κ1) is 41.1. The van der Waals surface area contributed by atoms with Gasteiger partial charge in [0.15, 0.2) is 0 Å². The summed E-state index contributed by atoms with van der Waals surface area (Å²) in [4.78, 5) is 22.8. The molecule has 12 rings (SSSR count). The second-order valence-electron chi connectivity index (χ2n) is 17.0. The van der Waals surface area contributed by atoms with Crippen molar-refractivity contribution < 1.29 is 0 Å². The summed E-state index contributed by atoms with van der Waals surface area (Å²) < 4.78 is 0. The van der Waals surface area contributed by atoms with E-state index in [9.17, 15) is 0 Å². The monoisotopic (exact) mass is 881 g/mol. The van der Waals surface area contributed by atoms with Crippen molar-refractivity contribution >= 4 is 39.1 Å². The number of aromatic nitrogens is 4. The topological polar surface area (TPSA) is 54.8 Å². The fourth-order valence-corrected chi connectivity index (χ4v) is 9.20. The molecule has 0 amide bonds. The maximum Gasteiger partial charge on any atom is 0.0973 e. The van der Waals surface area contributed by atoms with Crippen LogP contribution in [0.2, 0.25) is 0 Å². The Labute approximate surface area is 401 Å². The first-order valence-corrected chi connectivity index (χ1v) is 23.2. The normalized spacial score (nSPS) is 11.2. The van der Waals surface area contributed by atoms with Gasteiger partial charge in [-0.25, -0.2) is 19.9 Å². The molecule has 0 bridgehead atoms. The maximum atomic E-state index is 5.13. The summed E-state index contributed by atoms with van der Waals surface area (Å²) >= 11 is 0. The van der Waals surface area contributed by atoms with Crippen molar-refractivity contribution in [3.8, 4) is 78.4 Å². The van der Waals surface area contributed by atoms with Crippen LogP contribution in [0.4, 0.5) is 17.1 Å². The van der Waals surface area contributed by atoms with E-state index >= 15 is 0 Å². The Hall–Kier alpha value is -9.32. The summed E-state index contributed by atoms with van der Waals surface area (Å²) in [7, 11) is 0. The average molecular weight is 882 g/mol. The molecule has 0 fully saturated rings. The van der Waals surface area contributed by atoms with Gasteiger partial charge < -0.3 is 4.90 Å². The molecule has 2 aromatic heterocycles. The molecule has 69 heavy (non-hydrogen) atoms. The summed E-state index contributed by atoms with van der Waals surface area (Å²) in [6.45, 7) is 0. The van der Waals surface area contributed by atoms with Gasteiger partial charge in [0.2, 0.25) is 0 Å². The molecule has 12 aromatic rings. The number of rotatable bonds is 10. The van der Waals surface area contributed by atoms with E-state index in [1.165, 1.54) is 0 Å². The van der Waals surface area contributed by atoms with Crippen LogP contribution in [0.15, 0.2) is 261 Å². The molecule has 324 valence electrons. The van der Waals surface area contributed by atoms with E-state index in [1.807, 2.05) is 84.9 Å². The predicted octanol–water partition coefficient (Wildman–Crippen LogP) is 16.7. The van der Waals surface area contributed by atoms with Crippen LogP contribution >= 0.6 is 0 Å². The van der Waals surface area contributed by atoms with Gasteiger partial charge in [-0.3, -0.25) is 0 Å². The Morgan fingerprint density at radius 2 is 0.464 bits per heavy atom. The van der Waals surface area contributed by atoms with Gasteiger partial charge in [0.05, 0.1) is 50.5 Å². The third-order valence-electron chi connectivity index (χ3n) is 12.7. The number of para-hydroxylation sites is 5. The molecule has 5 nitrogen and oxygen atoms in total. The molecular weight excluding hydrogens is 839 g/mol. The molecular formula is C64H43N5. The lowest BCUT2D eigenvalue weighted by Crippen LogP contribution is -2.11. The van der Waals surface area contributed by atoms with E-state index in [4.69, 9.17) is 19.9 Å². The molecule has 0 radical (unpaired) electrons. The lowest BCUT2D eigenvalue weighted by Gasteiger charge is -2.28. The summed E-state index contributed by atoms with van der Waals surface area (Å²) in [6.07, 6.45) is 0. The number of nitrogens with zero attached hydrogens (tertiary/aromatic N) is 5. The van der Waals surface area contributed by atoms with Crippen LogP contribution in [0.25, 0.3) is 100 Å². The second kappa shape index (κ2) is 18.2. The van der Waals surface area contributed by atoms with E-state index in [0.717, 1.165) is 118 Å². The molecule has 0 saturated carbocycles. The van der Waals surface area contributed by atoms with E-state index in [-0.39, 0.29) is 0 Å². The number of benzene rings is 10. The van der Waals surface area contributed by atoms with E-state index in [1.54, 1.807) is 0 Å². The fourth-order valence-electron chi connectivity index (χ4n) is 9.20. The third-order valence-corrected chi connectivity index (χ3v) is 12.7. The van der Waals surface area contributed by atoms with Gasteiger partial charge in [-0.05, 0) is 82.4 Å². The van der Waals surface area contributed by atoms with Crippen molar-refractivity contribution in [1.82, 2.24) is 19.9 Å². The van der Waals surface area contributed by atoms with Gasteiger partial charge in [0.1, 0.15) is 0 Å². The van der Waals surface area contributed by atoms with Gasteiger partial charge in [-0.15, -0.1) is 0 Å². The van der Waals surface area contributed by atoms with Crippen LogP contribution in [0, 0.1) is 0 Å². The highest BCUT2D eigenvalue weighted by Crippen LogP contribution is 2.42. The Morgan fingerprint density at radius 3 is 0.826 bits per heavy atom. The molecule has 0 spiro atoms. The minimum absolute atomic E-state index is 0.867. The SMILES string of the molecule is c1ccc(-c2ccccc2N(c2ccc(-c3ccc(-c4nc5ccccc5nc4-c4ccccc4)cc3)cc2)c2ccc(-c3ccc(-c4nc5ccccc5nc4-c4ccccc4)cc3)cc2)cc1. The second-order valence-corrected chi connectivity index (χ2v) is 17.0. The number of hydrogen-bond donors (Lipinski definition) is 0. The van der Waals surface area contributed by atoms with E-state index in [0.29, 0.717) is 0 Å². The molecule has 0 unspecified atom stereocenters. The molecule has 0 aliphatic heterocycles. The Kier molecular flexibility index (Phi) is 10.8. The van der Waals surface area contributed by atoms with Crippen LogP contribution in [0.3, 0.4) is 0 Å². The zero-order valence-electron chi connectivity index (χ0n) is 37.6. The van der Waals surface area contributed by atoms with Gasteiger partial charge in [0, 0.05) is 39.2 Å². The number of fused-ring (bicyclic) bond motifs is 2. The molecule has 5 heteroatoms. The van der Waals surface area contributed by atoms with Gasteiger partial charge in [0.25, 0.3) is 0 Å². The largest absolute Gasteiger partial charge is 0.310 e. The zero-order valence-corrected chi connectivity index (χ0v) is 37.6. The molecule has 0 aliphatic rings. The van der Waals surface area contributed by atoms with Crippen LogP contribution in [0.5, 0.6) is 0 Å². The van der Waals surface area contributed by atoms with Crippen molar-refractivity contribution in [3.05, 3.63) is 261 Å². The summed E-state index contributed by atoms with van der Waals surface area (Å²) in [6, 6.07) is 91.1. The Bertz CT molecular complexity index is 3520. The van der Waals surface area contributed by atoms with Crippen LogP contribution in [-0.4, -0.2) is 19.9 Å². The van der Waals surface area contributed by atoms with Crippen LogP contribution < -0.4 is 4.90 Å². The summed E-state index contributed by atoms with van der Waals surface area (Å²) in [5, 5.41) is 0. The highest BCUT2D eigenvalue weighted by atomic mass is 15.1. The molecule has 0 saturated heterocycles. The quantitative estimate of drug-likeness (QED) is 0.137. The van der Waals surface area contributed by atoms with Crippen molar-refractivity contribution in [1.29, 1.82) is 0 Å². The lowest BCUT2D eigenvalue weighted by atomic mass is 9.98. The molecule has 10 aromatic carbocycles. The van der Waals surface area contributed by atoms with Crippen LogP contribution in [0.1, 0.15) is 0 Å². The van der Waals surface area contributed by atoms with E-state index < -0.39 is 0 Å². The van der Waals surface area contributed by atoms with Gasteiger partial charge in [-0.2, -0.15) is 0 Å². The highest BCUT2D eigenvalue weighted by Gasteiger charge is 2.19. The molecule has 0 aliphatic carbocycles. The standard InChI is InChI=1S/C64H43N5/c1-4-16-48(17-5-1)55-22-10-15-27-60(55)69(53-40-36-46(37-41-53)44-28-32-51(33-29-44)63-61(49-18-6-2-7-19-49)65-56-23-11-13-25-58(56)67-63)54-42-38-47(39-43-54)45-30-34-52(35-31-45)64-62(50-20-8-3-9-21-50)66-57-24-12-14-26-59(57)68-64/h1-43H. The average Bonchev–Trinajstić information content (AvgIpc) is 3.44. The van der Waals surface area contributed by atoms with Crippen molar-refractivity contribution in [3.63, 3.8) is 0 Å². The molecule has 2 heterocycles. The predicted molar refractivity (Wildman–Crippen MR) is 285 cm³/mol. The first-order valence-electron chi connectivity index (χ1n) is 23.2. The first-order chi connectivity index (χ1) is 34.2. The van der Waals surface area contributed by atoms with Crippen LogP contribution in [-0.2, 0) is 0 Å². The highest BCUT2D eigenvalue weighted by molar-refractivity contribution is 5.91. The number of hydrogen-bond acceptors (Lipinski definition) is 5. The minimum atomic E-state index is 0.867. The Morgan fingerprint density at radius 1 is 0.203 bits per heavy atom. The van der Waals surface area contributed by atoms with Gasteiger partial charge in [-0.1, -0.05) is 206 Å². The zero-order chi connectivity index (χ0) is 45.9. The number of anilines is 3. The molecule has 0 atom stereocenters. The van der Waals surface area contributed by atoms with E-state index in [2.05, 4.69) is 181 Å². The van der Waals surface area contributed by atoms with Crippen molar-refractivity contribution in [2.45, 2.75) is 0 Å². The summed E-state index contributed by atoms with van der Waals surface area (Å²) in [5.41, 5.74) is 21.1. The summed E-state index contributed by atoms with van der Waals surface area (Å²) in [5.74, 6) is 0. The third kappa shape index (κ3) is 8.19. The smallest absolute Gasteiger partial charge is 0.0973 e. The fraction of sp³-hybridized carbons (Fsp3) is 0.